The van der Waals surface area contributed by atoms with Crippen molar-refractivity contribution in [3.05, 3.63) is 94.6 Å². The van der Waals surface area contributed by atoms with E-state index in [1.54, 1.807) is 0 Å². The van der Waals surface area contributed by atoms with Crippen LogP contribution in [0, 0.1) is 5.82 Å². The van der Waals surface area contributed by atoms with Crippen LogP contribution in [0.1, 0.15) is 47.0 Å². The number of allylic oxidation sites excluding steroid dienone is 1. The number of aromatic nitrogens is 2. The van der Waals surface area contributed by atoms with Crippen LogP contribution in [0.3, 0.4) is 0 Å². The van der Waals surface area contributed by atoms with Crippen LogP contribution in [0.4, 0.5) is 4.39 Å². The molecule has 0 radical (unpaired) electrons. The zero-order valence-corrected chi connectivity index (χ0v) is 15.3. The second-order valence-corrected chi connectivity index (χ2v) is 7.52. The van der Waals surface area contributed by atoms with Gasteiger partial charge in [-0.05, 0) is 36.1 Å². The van der Waals surface area contributed by atoms with Crippen molar-refractivity contribution < 1.29 is 9.60 Å². The number of oxime groups is 1. The molecular weight excluding hydrogens is 353 g/mol. The first-order valence-corrected chi connectivity index (χ1v) is 9.51. The van der Waals surface area contributed by atoms with E-state index in [0.717, 1.165) is 41.6 Å². The summed E-state index contributed by atoms with van der Waals surface area (Å²) in [6.07, 6.45) is 8.58. The first-order chi connectivity index (χ1) is 13.7. The quantitative estimate of drug-likeness (QED) is 0.409. The van der Waals surface area contributed by atoms with E-state index in [0.29, 0.717) is 11.7 Å². The molecule has 0 bridgehead atoms. The van der Waals surface area contributed by atoms with Crippen molar-refractivity contribution in [2.45, 2.75) is 30.7 Å². The van der Waals surface area contributed by atoms with Crippen LogP contribution in [-0.4, -0.2) is 21.2 Å². The van der Waals surface area contributed by atoms with Gasteiger partial charge in [-0.1, -0.05) is 59.8 Å². The third-order valence-electron chi connectivity index (χ3n) is 5.78. The molecule has 0 aliphatic heterocycles. The summed E-state index contributed by atoms with van der Waals surface area (Å²) in [7, 11) is 0. The summed E-state index contributed by atoms with van der Waals surface area (Å²) >= 11 is 0. The lowest BCUT2D eigenvalue weighted by atomic mass is 9.68. The van der Waals surface area contributed by atoms with Gasteiger partial charge in [0.25, 0.3) is 0 Å². The molecule has 2 aliphatic rings. The van der Waals surface area contributed by atoms with Crippen LogP contribution in [-0.2, 0) is 11.8 Å². The van der Waals surface area contributed by atoms with Crippen molar-refractivity contribution in [2.75, 3.05) is 0 Å². The predicted octanol–water partition coefficient (Wildman–Crippen LogP) is 4.72. The molecule has 1 saturated carbocycles. The Morgan fingerprint density at radius 2 is 1.79 bits per heavy atom. The van der Waals surface area contributed by atoms with Crippen molar-refractivity contribution in [2.24, 2.45) is 5.16 Å². The molecule has 1 atom stereocenters. The van der Waals surface area contributed by atoms with Crippen LogP contribution in [0.25, 0.3) is 6.08 Å². The smallest absolute Gasteiger partial charge is 0.123 e. The van der Waals surface area contributed by atoms with E-state index in [9.17, 15) is 4.39 Å². The Balaban J connectivity index is 1.71. The first kappa shape index (κ1) is 16.9. The molecule has 28 heavy (non-hydrogen) atoms. The lowest BCUT2D eigenvalue weighted by molar-refractivity contribution is 0.321. The van der Waals surface area contributed by atoms with Crippen molar-refractivity contribution in [1.82, 2.24) is 9.78 Å². The van der Waals surface area contributed by atoms with E-state index in [4.69, 9.17) is 10.3 Å². The SMILES string of the molecule is O/N=C/c1nn(C2CC2)c2c1C=CC(c1ccccc1)(c1ccc(F)cc1)C2. The number of nitrogens with zero attached hydrogens (tertiary/aromatic N) is 3. The minimum atomic E-state index is -0.401. The molecule has 5 rings (SSSR count). The number of rotatable bonds is 4. The maximum Gasteiger partial charge on any atom is 0.123 e. The Bertz CT molecular complexity index is 1070. The maximum absolute atomic E-state index is 13.6. The molecule has 4 nitrogen and oxygen atoms in total. The van der Waals surface area contributed by atoms with Gasteiger partial charge >= 0.3 is 0 Å². The molecule has 2 aromatic carbocycles. The number of benzene rings is 2. The fourth-order valence-electron chi connectivity index (χ4n) is 4.23. The number of hydrogen-bond donors (Lipinski definition) is 1. The summed E-state index contributed by atoms with van der Waals surface area (Å²) in [4.78, 5) is 0. The molecule has 0 saturated heterocycles. The second-order valence-electron chi connectivity index (χ2n) is 7.52. The summed E-state index contributed by atoms with van der Waals surface area (Å²) in [5.41, 5.74) is 4.61. The summed E-state index contributed by atoms with van der Waals surface area (Å²) in [5, 5.41) is 16.9. The third kappa shape index (κ3) is 2.66. The fourth-order valence-corrected chi connectivity index (χ4v) is 4.23. The fraction of sp³-hybridized carbons (Fsp3) is 0.217. The Labute approximate surface area is 162 Å². The van der Waals surface area contributed by atoms with Gasteiger partial charge in [0.1, 0.15) is 11.5 Å². The minimum Gasteiger partial charge on any atom is -0.411 e. The van der Waals surface area contributed by atoms with Gasteiger partial charge in [0.2, 0.25) is 0 Å². The Kier molecular flexibility index (Phi) is 3.90. The lowest BCUT2D eigenvalue weighted by Crippen LogP contribution is -2.31. The summed E-state index contributed by atoms with van der Waals surface area (Å²) in [6, 6.07) is 17.5. The summed E-state index contributed by atoms with van der Waals surface area (Å²) < 4.78 is 15.7. The molecule has 1 unspecified atom stereocenters. The number of halogens is 1. The van der Waals surface area contributed by atoms with E-state index in [1.165, 1.54) is 18.3 Å². The van der Waals surface area contributed by atoms with Crippen LogP contribution < -0.4 is 0 Å². The normalized spacial score (nSPS) is 21.2. The van der Waals surface area contributed by atoms with Gasteiger partial charge in [-0.2, -0.15) is 5.10 Å². The second kappa shape index (κ2) is 6.44. The van der Waals surface area contributed by atoms with Crippen LogP contribution in [0.5, 0.6) is 0 Å². The van der Waals surface area contributed by atoms with Gasteiger partial charge < -0.3 is 5.21 Å². The highest BCUT2D eigenvalue weighted by Crippen LogP contribution is 2.45. The summed E-state index contributed by atoms with van der Waals surface area (Å²) in [5.74, 6) is -0.239. The van der Waals surface area contributed by atoms with E-state index in [1.807, 2.05) is 30.3 Å². The number of hydrogen-bond acceptors (Lipinski definition) is 3. The molecule has 1 heterocycles. The van der Waals surface area contributed by atoms with Gasteiger partial charge in [0, 0.05) is 23.1 Å². The first-order valence-electron chi connectivity index (χ1n) is 9.51. The van der Waals surface area contributed by atoms with Crippen LogP contribution in [0.15, 0.2) is 65.8 Å². The molecule has 2 aliphatic carbocycles. The van der Waals surface area contributed by atoms with Gasteiger partial charge in [0.05, 0.1) is 12.3 Å². The van der Waals surface area contributed by atoms with Crippen molar-refractivity contribution in [1.29, 1.82) is 0 Å². The standard InChI is InChI=1S/C23H20FN3O/c24-18-8-6-17(7-9-18)23(16-4-2-1-3-5-16)13-12-20-21(15-25-28)26-27(19-10-11-19)22(20)14-23/h1-9,12-13,15,19,28H,10-11,14H2/b25-15+. The highest BCUT2D eigenvalue weighted by molar-refractivity contribution is 5.84. The van der Waals surface area contributed by atoms with Gasteiger partial charge in [-0.25, -0.2) is 4.39 Å². The molecular formula is C23H20FN3O. The molecule has 140 valence electrons. The largest absolute Gasteiger partial charge is 0.411 e. The molecule has 5 heteroatoms. The molecule has 1 N–H and O–H groups in total. The van der Waals surface area contributed by atoms with Gasteiger partial charge in [-0.3, -0.25) is 4.68 Å². The van der Waals surface area contributed by atoms with Gasteiger partial charge in [-0.15, -0.1) is 0 Å². The average molecular weight is 373 g/mol. The molecule has 0 spiro atoms. The van der Waals surface area contributed by atoms with E-state index < -0.39 is 5.41 Å². The molecule has 1 fully saturated rings. The van der Waals surface area contributed by atoms with E-state index >= 15 is 0 Å². The maximum atomic E-state index is 13.6. The average Bonchev–Trinajstić information content (AvgIpc) is 3.52. The molecule has 1 aromatic heterocycles. The van der Waals surface area contributed by atoms with Crippen molar-refractivity contribution in [3.63, 3.8) is 0 Å². The molecule has 3 aromatic rings. The lowest BCUT2D eigenvalue weighted by Gasteiger charge is -2.35. The Hall–Kier alpha value is -3.21. The Morgan fingerprint density at radius 1 is 1.07 bits per heavy atom. The number of fused-ring (bicyclic) bond motifs is 1. The van der Waals surface area contributed by atoms with Gasteiger partial charge in [0.15, 0.2) is 0 Å². The highest BCUT2D eigenvalue weighted by Gasteiger charge is 2.39. The molecule has 0 amide bonds. The van der Waals surface area contributed by atoms with E-state index in [2.05, 4.69) is 34.1 Å². The Morgan fingerprint density at radius 3 is 2.46 bits per heavy atom. The predicted molar refractivity (Wildman–Crippen MR) is 106 cm³/mol. The monoisotopic (exact) mass is 373 g/mol. The van der Waals surface area contributed by atoms with Crippen molar-refractivity contribution in [3.8, 4) is 0 Å². The minimum absolute atomic E-state index is 0.239. The topological polar surface area (TPSA) is 50.4 Å². The summed E-state index contributed by atoms with van der Waals surface area (Å²) in [6.45, 7) is 0. The highest BCUT2D eigenvalue weighted by atomic mass is 19.1. The van der Waals surface area contributed by atoms with Crippen LogP contribution in [0.2, 0.25) is 0 Å². The van der Waals surface area contributed by atoms with E-state index in [-0.39, 0.29) is 5.82 Å². The van der Waals surface area contributed by atoms with Crippen molar-refractivity contribution >= 4 is 12.3 Å². The van der Waals surface area contributed by atoms with Crippen LogP contribution >= 0.6 is 0 Å². The zero-order chi connectivity index (χ0) is 19.1. The zero-order valence-electron chi connectivity index (χ0n) is 15.3. The third-order valence-corrected chi connectivity index (χ3v) is 5.78.